The average molecular weight is 449 g/mol. The van der Waals surface area contributed by atoms with Gasteiger partial charge in [0.05, 0.1) is 17.1 Å². The molecule has 1 aliphatic carbocycles. The van der Waals surface area contributed by atoms with Crippen LogP contribution in [-0.2, 0) is 4.79 Å². The van der Waals surface area contributed by atoms with Crippen LogP contribution in [0.5, 0.6) is 0 Å². The molecular weight excluding hydrogens is 416 g/mol. The fourth-order valence-electron chi connectivity index (χ4n) is 5.09. The molecule has 2 fully saturated rings. The Bertz CT molecular complexity index is 1150. The number of nitrogens with one attached hydrogen (secondary N) is 2. The maximum Gasteiger partial charge on any atom is 0.225 e. The summed E-state index contributed by atoms with van der Waals surface area (Å²) in [7, 11) is 0. The third kappa shape index (κ3) is 4.58. The number of aromatic nitrogens is 4. The normalized spacial score (nSPS) is 23.5. The molecule has 3 heterocycles. The van der Waals surface area contributed by atoms with Crippen molar-refractivity contribution in [2.75, 3.05) is 29.5 Å². The highest BCUT2D eigenvalue weighted by Gasteiger charge is 2.29. The molecule has 0 unspecified atom stereocenters. The number of rotatable bonds is 4. The van der Waals surface area contributed by atoms with Gasteiger partial charge in [-0.15, -0.1) is 0 Å². The van der Waals surface area contributed by atoms with E-state index in [0.29, 0.717) is 18.4 Å². The number of nitrogens with zero attached hydrogens (tertiary/aromatic N) is 4. The molecule has 2 aliphatic rings. The smallest absolute Gasteiger partial charge is 0.225 e. The van der Waals surface area contributed by atoms with Crippen LogP contribution < -0.4 is 21.7 Å². The molecule has 1 saturated heterocycles. The van der Waals surface area contributed by atoms with Crippen LogP contribution in [-0.4, -0.2) is 45.2 Å². The van der Waals surface area contributed by atoms with Crippen LogP contribution in [0.2, 0.25) is 0 Å². The number of anilines is 3. The van der Waals surface area contributed by atoms with Crippen molar-refractivity contribution in [1.29, 1.82) is 0 Å². The maximum atomic E-state index is 13.0. The van der Waals surface area contributed by atoms with E-state index in [-0.39, 0.29) is 17.8 Å². The van der Waals surface area contributed by atoms with Gasteiger partial charge in [0, 0.05) is 36.1 Å². The third-order valence-corrected chi connectivity index (χ3v) is 7.10. The predicted octanol–water partition coefficient (Wildman–Crippen LogP) is 3.10. The lowest BCUT2D eigenvalue weighted by atomic mass is 9.87. The maximum absolute atomic E-state index is 13.0. The van der Waals surface area contributed by atoms with Gasteiger partial charge in [0.2, 0.25) is 11.9 Å². The van der Waals surface area contributed by atoms with E-state index in [1.54, 1.807) is 0 Å². The summed E-state index contributed by atoms with van der Waals surface area (Å²) in [5, 5.41) is 11.2. The van der Waals surface area contributed by atoms with Crippen LogP contribution in [0.3, 0.4) is 0 Å². The van der Waals surface area contributed by atoms with Gasteiger partial charge in [0.25, 0.3) is 0 Å². The highest BCUT2D eigenvalue weighted by molar-refractivity contribution is 5.91. The van der Waals surface area contributed by atoms with Crippen molar-refractivity contribution in [2.45, 2.75) is 51.5 Å². The lowest BCUT2D eigenvalue weighted by molar-refractivity contribution is -0.126. The molecule has 1 aromatic carbocycles. The van der Waals surface area contributed by atoms with E-state index in [1.165, 1.54) is 12.8 Å². The molecule has 0 spiro atoms. The monoisotopic (exact) mass is 448 g/mol. The quantitative estimate of drug-likeness (QED) is 0.481. The van der Waals surface area contributed by atoms with Crippen molar-refractivity contribution in [3.05, 3.63) is 24.3 Å². The number of piperidine rings is 1. The van der Waals surface area contributed by atoms with Crippen LogP contribution >= 0.6 is 0 Å². The molecule has 33 heavy (non-hydrogen) atoms. The number of hydrogen-bond acceptors (Lipinski definition) is 7. The van der Waals surface area contributed by atoms with Gasteiger partial charge < -0.3 is 21.7 Å². The Morgan fingerprint density at radius 1 is 1.12 bits per heavy atom. The zero-order chi connectivity index (χ0) is 22.9. The minimum Gasteiger partial charge on any atom is -0.382 e. The van der Waals surface area contributed by atoms with Crippen LogP contribution in [0.4, 0.5) is 17.6 Å². The third-order valence-electron chi connectivity index (χ3n) is 7.10. The van der Waals surface area contributed by atoms with Gasteiger partial charge in [-0.2, -0.15) is 10.1 Å². The molecule has 9 nitrogen and oxygen atoms in total. The van der Waals surface area contributed by atoms with Crippen molar-refractivity contribution < 1.29 is 4.79 Å². The standard InChI is InChI=1S/C24H32N8O/c1-14-4-7-17(8-5-14)27-23(33)16-3-2-10-32(13-16)21-12-19(28-24(26)29-21)15-6-9-18-20(11-15)30-31-22(18)25/h6,9,11-12,14,16-17H,2-5,7-8,10,13H2,1H3,(H,27,33)(H3,25,30,31)(H2,26,28,29)/t14?,16-,17?/m0/s1. The SMILES string of the molecule is CC1CCC(NC(=O)[C@H]2CCCN(c3cc(-c4ccc5c(N)n[nH]c5c4)nc(N)n3)C2)CC1. The first-order valence-corrected chi connectivity index (χ1v) is 11.9. The number of aromatic amines is 1. The number of nitrogen functional groups attached to an aromatic ring is 2. The van der Waals surface area contributed by atoms with Gasteiger partial charge in [0.1, 0.15) is 5.82 Å². The van der Waals surface area contributed by atoms with E-state index in [9.17, 15) is 4.79 Å². The zero-order valence-electron chi connectivity index (χ0n) is 19.1. The Labute approximate surface area is 193 Å². The van der Waals surface area contributed by atoms with E-state index < -0.39 is 0 Å². The van der Waals surface area contributed by atoms with Gasteiger partial charge in [-0.05, 0) is 56.6 Å². The summed E-state index contributed by atoms with van der Waals surface area (Å²) in [4.78, 5) is 24.1. The summed E-state index contributed by atoms with van der Waals surface area (Å²) in [6, 6.07) is 8.10. The number of carbonyl (C=O) groups is 1. The largest absolute Gasteiger partial charge is 0.382 e. The van der Waals surface area contributed by atoms with E-state index in [2.05, 4.69) is 37.3 Å². The van der Waals surface area contributed by atoms with Crippen molar-refractivity contribution in [1.82, 2.24) is 25.5 Å². The Kier molecular flexibility index (Phi) is 5.78. The minimum atomic E-state index is -0.0398. The van der Waals surface area contributed by atoms with Crippen molar-refractivity contribution in [3.8, 4) is 11.3 Å². The topological polar surface area (TPSA) is 139 Å². The van der Waals surface area contributed by atoms with Crippen molar-refractivity contribution in [2.24, 2.45) is 11.8 Å². The molecule has 2 aromatic heterocycles. The summed E-state index contributed by atoms with van der Waals surface area (Å²) in [6.45, 7) is 3.78. The number of benzene rings is 1. The second kappa shape index (κ2) is 8.88. The molecular formula is C24H32N8O. The van der Waals surface area contributed by atoms with E-state index in [1.807, 2.05) is 24.3 Å². The molecule has 0 bridgehead atoms. The van der Waals surface area contributed by atoms with Crippen LogP contribution in [0, 0.1) is 11.8 Å². The Hall–Kier alpha value is -3.36. The van der Waals surface area contributed by atoms with Gasteiger partial charge in [-0.1, -0.05) is 13.0 Å². The fraction of sp³-hybridized carbons (Fsp3) is 0.500. The van der Waals surface area contributed by atoms with Crippen LogP contribution in [0.15, 0.2) is 24.3 Å². The van der Waals surface area contributed by atoms with Crippen LogP contribution in [0.1, 0.15) is 45.4 Å². The molecule has 174 valence electrons. The summed E-state index contributed by atoms with van der Waals surface area (Å²) in [5.41, 5.74) is 14.4. The molecule has 1 saturated carbocycles. The highest BCUT2D eigenvalue weighted by atomic mass is 16.2. The van der Waals surface area contributed by atoms with E-state index >= 15 is 0 Å². The van der Waals surface area contributed by atoms with Gasteiger partial charge in [-0.25, -0.2) is 4.98 Å². The Morgan fingerprint density at radius 2 is 1.94 bits per heavy atom. The minimum absolute atomic E-state index is 0.0398. The molecule has 3 aromatic rings. The first-order valence-electron chi connectivity index (χ1n) is 11.9. The number of fused-ring (bicyclic) bond motifs is 1. The lowest BCUT2D eigenvalue weighted by Gasteiger charge is -2.34. The zero-order valence-corrected chi connectivity index (χ0v) is 19.1. The number of hydrogen-bond donors (Lipinski definition) is 4. The van der Waals surface area contributed by atoms with Gasteiger partial charge in [0.15, 0.2) is 5.82 Å². The highest BCUT2D eigenvalue weighted by Crippen LogP contribution is 2.30. The summed E-state index contributed by atoms with van der Waals surface area (Å²) in [6.07, 6.45) is 6.40. The van der Waals surface area contributed by atoms with Crippen LogP contribution in [0.25, 0.3) is 22.2 Å². The molecule has 6 N–H and O–H groups in total. The summed E-state index contributed by atoms with van der Waals surface area (Å²) >= 11 is 0. The molecule has 5 rings (SSSR count). The molecule has 9 heteroatoms. The summed E-state index contributed by atoms with van der Waals surface area (Å²) in [5.74, 6) is 2.35. The van der Waals surface area contributed by atoms with Gasteiger partial charge in [-0.3, -0.25) is 9.89 Å². The van der Waals surface area contributed by atoms with Crippen molar-refractivity contribution in [3.63, 3.8) is 0 Å². The van der Waals surface area contributed by atoms with Gasteiger partial charge >= 0.3 is 0 Å². The van der Waals surface area contributed by atoms with E-state index in [4.69, 9.17) is 11.5 Å². The lowest BCUT2D eigenvalue weighted by Crippen LogP contribution is -2.47. The first kappa shape index (κ1) is 21.5. The molecule has 1 amide bonds. The average Bonchev–Trinajstić information content (AvgIpc) is 3.20. The van der Waals surface area contributed by atoms with E-state index in [0.717, 1.165) is 66.1 Å². The number of H-pyrrole nitrogens is 1. The second-order valence-corrected chi connectivity index (χ2v) is 9.59. The number of nitrogens with two attached hydrogens (primary N) is 2. The first-order chi connectivity index (χ1) is 16.0. The van der Waals surface area contributed by atoms with Crippen molar-refractivity contribution >= 4 is 34.4 Å². The Balaban J connectivity index is 1.32. The number of carbonyl (C=O) groups excluding carboxylic acids is 1. The predicted molar refractivity (Wildman–Crippen MR) is 130 cm³/mol. The Morgan fingerprint density at radius 3 is 2.76 bits per heavy atom. The molecule has 1 atom stereocenters. The second-order valence-electron chi connectivity index (χ2n) is 9.59. The molecule has 1 aliphatic heterocycles. The summed E-state index contributed by atoms with van der Waals surface area (Å²) < 4.78 is 0. The molecule has 0 radical (unpaired) electrons. The fourth-order valence-corrected chi connectivity index (χ4v) is 5.09. The number of amides is 1.